The summed E-state index contributed by atoms with van der Waals surface area (Å²) in [5.74, 6) is 1.54. The SMILES string of the molecule is C=Cc1cc(CC)ccc1C1=CC(=C(C)C=C(C)C(C=C)CC=CC)C(C)C(OC)=C1. The number of hydrogen-bond acceptors (Lipinski definition) is 1. The van der Waals surface area contributed by atoms with E-state index in [1.54, 1.807) is 7.11 Å². The average molecular weight is 415 g/mol. The fraction of sp³-hybridized carbons (Fsp3) is 0.333. The summed E-state index contributed by atoms with van der Waals surface area (Å²) in [6.45, 7) is 18.9. The molecule has 0 saturated heterocycles. The molecule has 2 rings (SSSR count). The van der Waals surface area contributed by atoms with Gasteiger partial charge in [-0.25, -0.2) is 0 Å². The summed E-state index contributed by atoms with van der Waals surface area (Å²) in [7, 11) is 1.76. The Kier molecular flexibility index (Phi) is 9.12. The summed E-state index contributed by atoms with van der Waals surface area (Å²) in [6.07, 6.45) is 17.1. The molecule has 0 heterocycles. The van der Waals surface area contributed by atoms with E-state index in [4.69, 9.17) is 4.74 Å². The first kappa shape index (κ1) is 24.5. The van der Waals surface area contributed by atoms with E-state index < -0.39 is 0 Å². The predicted molar refractivity (Wildman–Crippen MR) is 138 cm³/mol. The van der Waals surface area contributed by atoms with Crippen LogP contribution in [0.2, 0.25) is 0 Å². The molecule has 1 aliphatic rings. The minimum absolute atomic E-state index is 0.206. The van der Waals surface area contributed by atoms with Gasteiger partial charge in [-0.2, -0.15) is 0 Å². The number of benzene rings is 1. The highest BCUT2D eigenvalue weighted by Crippen LogP contribution is 2.37. The van der Waals surface area contributed by atoms with E-state index >= 15 is 0 Å². The van der Waals surface area contributed by atoms with Gasteiger partial charge in [0, 0.05) is 11.8 Å². The van der Waals surface area contributed by atoms with Crippen molar-refractivity contribution in [1.29, 1.82) is 0 Å². The average Bonchev–Trinajstić information content (AvgIpc) is 2.79. The predicted octanol–water partition coefficient (Wildman–Crippen LogP) is 8.49. The number of rotatable bonds is 9. The van der Waals surface area contributed by atoms with Crippen molar-refractivity contribution in [2.45, 2.75) is 47.5 Å². The van der Waals surface area contributed by atoms with E-state index in [-0.39, 0.29) is 5.92 Å². The number of hydrogen-bond donors (Lipinski definition) is 0. The lowest BCUT2D eigenvalue weighted by atomic mass is 9.83. The Bertz CT molecular complexity index is 962. The molecular formula is C30H38O. The minimum Gasteiger partial charge on any atom is -0.500 e. The maximum Gasteiger partial charge on any atom is 0.103 e. The molecular weight excluding hydrogens is 376 g/mol. The van der Waals surface area contributed by atoms with E-state index in [1.165, 1.54) is 33.4 Å². The molecule has 0 aromatic heterocycles. The van der Waals surface area contributed by atoms with Crippen molar-refractivity contribution in [1.82, 2.24) is 0 Å². The highest BCUT2D eigenvalue weighted by Gasteiger charge is 2.22. The molecule has 0 amide bonds. The molecule has 2 atom stereocenters. The Hall–Kier alpha value is -2.80. The monoisotopic (exact) mass is 414 g/mol. The Morgan fingerprint density at radius 2 is 1.94 bits per heavy atom. The first-order valence-corrected chi connectivity index (χ1v) is 11.3. The fourth-order valence-electron chi connectivity index (χ4n) is 4.16. The normalized spacial score (nSPS) is 19.5. The molecule has 0 saturated carbocycles. The molecule has 31 heavy (non-hydrogen) atoms. The van der Waals surface area contributed by atoms with Crippen LogP contribution in [-0.4, -0.2) is 7.11 Å². The van der Waals surface area contributed by atoms with Crippen LogP contribution in [0.1, 0.15) is 57.7 Å². The molecule has 164 valence electrons. The molecule has 1 aromatic carbocycles. The highest BCUT2D eigenvalue weighted by atomic mass is 16.5. The van der Waals surface area contributed by atoms with Crippen molar-refractivity contribution in [2.24, 2.45) is 11.8 Å². The maximum absolute atomic E-state index is 5.79. The van der Waals surface area contributed by atoms with Gasteiger partial charge in [-0.15, -0.1) is 6.58 Å². The molecule has 0 N–H and O–H groups in total. The van der Waals surface area contributed by atoms with Crippen molar-refractivity contribution < 1.29 is 4.74 Å². The van der Waals surface area contributed by atoms with E-state index in [1.807, 2.05) is 12.2 Å². The molecule has 0 bridgehead atoms. The topological polar surface area (TPSA) is 9.23 Å². The van der Waals surface area contributed by atoms with Gasteiger partial charge in [0.15, 0.2) is 0 Å². The number of allylic oxidation sites excluding steroid dienone is 10. The van der Waals surface area contributed by atoms with Crippen molar-refractivity contribution in [3.8, 4) is 0 Å². The summed E-state index contributed by atoms with van der Waals surface area (Å²) < 4.78 is 5.79. The van der Waals surface area contributed by atoms with Crippen LogP contribution in [0, 0.1) is 11.8 Å². The van der Waals surface area contributed by atoms with Crippen LogP contribution in [0.4, 0.5) is 0 Å². The molecule has 0 fully saturated rings. The van der Waals surface area contributed by atoms with Crippen molar-refractivity contribution in [3.63, 3.8) is 0 Å². The molecule has 1 aromatic rings. The third kappa shape index (κ3) is 5.88. The third-order valence-corrected chi connectivity index (χ3v) is 6.19. The van der Waals surface area contributed by atoms with Gasteiger partial charge in [-0.3, -0.25) is 0 Å². The number of ether oxygens (including phenoxy) is 1. The van der Waals surface area contributed by atoms with Crippen LogP contribution in [-0.2, 0) is 11.2 Å². The Morgan fingerprint density at radius 1 is 1.19 bits per heavy atom. The van der Waals surface area contributed by atoms with Crippen molar-refractivity contribution in [3.05, 3.63) is 107 Å². The zero-order chi connectivity index (χ0) is 23.0. The van der Waals surface area contributed by atoms with Gasteiger partial charge in [-0.05, 0) is 73.1 Å². The molecule has 0 aliphatic heterocycles. The van der Waals surface area contributed by atoms with E-state index in [9.17, 15) is 0 Å². The minimum atomic E-state index is 0.206. The first-order chi connectivity index (χ1) is 14.9. The van der Waals surface area contributed by atoms with Crippen molar-refractivity contribution >= 4 is 11.6 Å². The number of methoxy groups -OCH3 is 1. The molecule has 0 radical (unpaired) electrons. The largest absolute Gasteiger partial charge is 0.500 e. The van der Waals surface area contributed by atoms with Gasteiger partial charge in [0.2, 0.25) is 0 Å². The molecule has 1 heteroatoms. The first-order valence-electron chi connectivity index (χ1n) is 11.3. The Labute approximate surface area is 189 Å². The van der Waals surface area contributed by atoms with Gasteiger partial charge in [0.05, 0.1) is 7.11 Å². The Balaban J connectivity index is 2.58. The van der Waals surface area contributed by atoms with Crippen LogP contribution < -0.4 is 0 Å². The number of aryl methyl sites for hydroxylation is 1. The second-order valence-corrected chi connectivity index (χ2v) is 8.23. The summed E-state index contributed by atoms with van der Waals surface area (Å²) >= 11 is 0. The lowest BCUT2D eigenvalue weighted by Gasteiger charge is -2.25. The van der Waals surface area contributed by atoms with Crippen LogP contribution in [0.25, 0.3) is 11.6 Å². The molecule has 1 aliphatic carbocycles. The lowest BCUT2D eigenvalue weighted by molar-refractivity contribution is 0.258. The van der Waals surface area contributed by atoms with Gasteiger partial charge >= 0.3 is 0 Å². The lowest BCUT2D eigenvalue weighted by Crippen LogP contribution is -2.11. The summed E-state index contributed by atoms with van der Waals surface area (Å²) in [6, 6.07) is 6.65. The van der Waals surface area contributed by atoms with Crippen LogP contribution >= 0.6 is 0 Å². The zero-order valence-corrected chi connectivity index (χ0v) is 20.2. The standard InChI is InChI=1S/C30H38O/c1-9-13-14-25(11-3)21(5)17-22(6)29-19-27(20-30(31-8)23(29)7)28-16-15-24(10-2)18-26(28)12-4/h9,11-13,15-20,23,25H,3-4,10,14H2,1-2,5-8H3. The van der Waals surface area contributed by atoms with E-state index in [2.05, 4.69) is 96.4 Å². The second-order valence-electron chi connectivity index (χ2n) is 8.23. The zero-order valence-electron chi connectivity index (χ0n) is 20.2. The Morgan fingerprint density at radius 3 is 2.52 bits per heavy atom. The maximum atomic E-state index is 5.79. The highest BCUT2D eigenvalue weighted by molar-refractivity contribution is 5.83. The third-order valence-electron chi connectivity index (χ3n) is 6.19. The van der Waals surface area contributed by atoms with Gasteiger partial charge < -0.3 is 4.74 Å². The summed E-state index contributed by atoms with van der Waals surface area (Å²) in [4.78, 5) is 0. The van der Waals surface area contributed by atoms with Gasteiger partial charge in [-0.1, -0.05) is 80.7 Å². The van der Waals surface area contributed by atoms with Gasteiger partial charge in [0.25, 0.3) is 0 Å². The summed E-state index contributed by atoms with van der Waals surface area (Å²) in [5, 5.41) is 0. The van der Waals surface area contributed by atoms with Gasteiger partial charge in [0.1, 0.15) is 5.76 Å². The van der Waals surface area contributed by atoms with Crippen LogP contribution in [0.5, 0.6) is 0 Å². The van der Waals surface area contributed by atoms with Crippen LogP contribution in [0.15, 0.2) is 90.3 Å². The summed E-state index contributed by atoms with van der Waals surface area (Å²) in [5.41, 5.74) is 8.72. The fourth-order valence-corrected chi connectivity index (χ4v) is 4.16. The molecule has 0 spiro atoms. The van der Waals surface area contributed by atoms with E-state index in [0.717, 1.165) is 24.2 Å². The smallest absolute Gasteiger partial charge is 0.103 e. The second kappa shape index (κ2) is 11.6. The van der Waals surface area contributed by atoms with Crippen molar-refractivity contribution in [2.75, 3.05) is 7.11 Å². The molecule has 2 unspecified atom stereocenters. The molecule has 1 nitrogen and oxygen atoms in total. The van der Waals surface area contributed by atoms with E-state index in [0.29, 0.717) is 5.92 Å². The van der Waals surface area contributed by atoms with Crippen LogP contribution in [0.3, 0.4) is 0 Å². The quantitative estimate of drug-likeness (QED) is 0.368.